The molecule has 80 valence electrons. The van der Waals surface area contributed by atoms with Gasteiger partial charge in [0.2, 0.25) is 0 Å². The number of aromatic amines is 1. The lowest BCUT2D eigenvalue weighted by Crippen LogP contribution is -1.82. The second-order valence-corrected chi connectivity index (χ2v) is 4.00. The number of aryl methyl sites for hydroxylation is 1. The van der Waals surface area contributed by atoms with Crippen molar-refractivity contribution in [3.05, 3.63) is 30.0 Å². The highest BCUT2D eigenvalue weighted by molar-refractivity contribution is 5.84. The second-order valence-electron chi connectivity index (χ2n) is 4.00. The smallest absolute Gasteiger partial charge is 0.116 e. The van der Waals surface area contributed by atoms with Crippen molar-refractivity contribution in [2.45, 2.75) is 32.6 Å². The summed E-state index contributed by atoms with van der Waals surface area (Å²) in [6.45, 7) is 2.21. The zero-order chi connectivity index (χ0) is 10.7. The van der Waals surface area contributed by atoms with Crippen LogP contribution in [0.25, 0.3) is 10.9 Å². The quantitative estimate of drug-likeness (QED) is 0.732. The van der Waals surface area contributed by atoms with E-state index in [2.05, 4.69) is 18.1 Å². The number of aromatic nitrogens is 1. The molecule has 0 fully saturated rings. The highest BCUT2D eigenvalue weighted by atomic mass is 16.3. The van der Waals surface area contributed by atoms with Crippen LogP contribution in [0.1, 0.15) is 31.7 Å². The van der Waals surface area contributed by atoms with E-state index in [9.17, 15) is 5.11 Å². The van der Waals surface area contributed by atoms with Crippen molar-refractivity contribution in [2.24, 2.45) is 0 Å². The van der Waals surface area contributed by atoms with Crippen molar-refractivity contribution >= 4 is 10.9 Å². The third kappa shape index (κ3) is 2.14. The van der Waals surface area contributed by atoms with Gasteiger partial charge in [-0.3, -0.25) is 0 Å². The molecule has 0 amide bonds. The number of phenols is 1. The molecule has 1 aromatic carbocycles. The van der Waals surface area contributed by atoms with Gasteiger partial charge < -0.3 is 10.1 Å². The molecule has 2 nitrogen and oxygen atoms in total. The molecule has 1 aromatic heterocycles. The molecule has 0 atom stereocenters. The summed E-state index contributed by atoms with van der Waals surface area (Å²) in [4.78, 5) is 3.23. The summed E-state index contributed by atoms with van der Waals surface area (Å²) >= 11 is 0. The van der Waals surface area contributed by atoms with Gasteiger partial charge in [0, 0.05) is 17.1 Å². The number of hydrogen-bond donors (Lipinski definition) is 2. The lowest BCUT2D eigenvalue weighted by molar-refractivity contribution is 0.476. The van der Waals surface area contributed by atoms with E-state index in [4.69, 9.17) is 0 Å². The van der Waals surface area contributed by atoms with Gasteiger partial charge in [0.25, 0.3) is 0 Å². The average molecular weight is 203 g/mol. The van der Waals surface area contributed by atoms with Gasteiger partial charge in [0.15, 0.2) is 0 Å². The van der Waals surface area contributed by atoms with E-state index in [0.29, 0.717) is 5.75 Å². The molecule has 0 aliphatic carbocycles. The fourth-order valence-corrected chi connectivity index (χ4v) is 1.94. The summed E-state index contributed by atoms with van der Waals surface area (Å²) in [5, 5.41) is 10.6. The molecule has 2 heteroatoms. The number of H-pyrrole nitrogens is 1. The fraction of sp³-hybridized carbons (Fsp3) is 0.385. The van der Waals surface area contributed by atoms with Gasteiger partial charge in [-0.05, 0) is 36.6 Å². The van der Waals surface area contributed by atoms with Crippen LogP contribution in [0.4, 0.5) is 0 Å². The molecule has 0 radical (unpaired) electrons. The zero-order valence-electron chi connectivity index (χ0n) is 9.09. The number of hydrogen-bond acceptors (Lipinski definition) is 1. The summed E-state index contributed by atoms with van der Waals surface area (Å²) in [5.74, 6) is 0.346. The van der Waals surface area contributed by atoms with Crippen molar-refractivity contribution in [1.29, 1.82) is 0 Å². The lowest BCUT2D eigenvalue weighted by atomic mass is 10.1. The Morgan fingerprint density at radius 1 is 1.27 bits per heavy atom. The monoisotopic (exact) mass is 203 g/mol. The average Bonchev–Trinajstić information content (AvgIpc) is 2.62. The minimum atomic E-state index is 0.346. The number of unbranched alkanes of at least 4 members (excludes halogenated alkanes) is 2. The van der Waals surface area contributed by atoms with Crippen molar-refractivity contribution in [3.63, 3.8) is 0 Å². The van der Waals surface area contributed by atoms with Crippen molar-refractivity contribution in [2.75, 3.05) is 0 Å². The molecular formula is C13H17NO. The molecule has 2 N–H and O–H groups in total. The van der Waals surface area contributed by atoms with Crippen LogP contribution in [0.15, 0.2) is 24.4 Å². The third-order valence-electron chi connectivity index (χ3n) is 2.80. The van der Waals surface area contributed by atoms with Crippen LogP contribution >= 0.6 is 0 Å². The van der Waals surface area contributed by atoms with E-state index in [1.807, 2.05) is 12.1 Å². The maximum absolute atomic E-state index is 9.43. The van der Waals surface area contributed by atoms with Crippen molar-refractivity contribution < 1.29 is 5.11 Å². The third-order valence-corrected chi connectivity index (χ3v) is 2.80. The van der Waals surface area contributed by atoms with Gasteiger partial charge in [-0.15, -0.1) is 0 Å². The van der Waals surface area contributed by atoms with E-state index in [1.165, 1.54) is 24.8 Å². The van der Waals surface area contributed by atoms with Crippen molar-refractivity contribution in [1.82, 2.24) is 4.98 Å². The molecule has 0 saturated carbocycles. The first-order chi connectivity index (χ1) is 7.31. The summed E-state index contributed by atoms with van der Waals surface area (Å²) < 4.78 is 0. The van der Waals surface area contributed by atoms with Gasteiger partial charge >= 0.3 is 0 Å². The van der Waals surface area contributed by atoms with Crippen LogP contribution in [-0.4, -0.2) is 10.1 Å². The minimum Gasteiger partial charge on any atom is -0.508 e. The molecule has 0 bridgehead atoms. The Balaban J connectivity index is 2.23. The van der Waals surface area contributed by atoms with Gasteiger partial charge in [-0.25, -0.2) is 0 Å². The predicted octanol–water partition coefficient (Wildman–Crippen LogP) is 3.61. The van der Waals surface area contributed by atoms with E-state index < -0.39 is 0 Å². The summed E-state index contributed by atoms with van der Waals surface area (Å²) in [5.41, 5.74) is 2.42. The molecular weight excluding hydrogens is 186 g/mol. The van der Waals surface area contributed by atoms with E-state index in [0.717, 1.165) is 17.3 Å². The summed E-state index contributed by atoms with van der Waals surface area (Å²) in [6.07, 6.45) is 6.88. The van der Waals surface area contributed by atoms with Crippen LogP contribution in [-0.2, 0) is 6.42 Å². The molecule has 2 rings (SSSR count). The Morgan fingerprint density at radius 3 is 2.93 bits per heavy atom. The van der Waals surface area contributed by atoms with Gasteiger partial charge in [-0.1, -0.05) is 19.8 Å². The first-order valence-corrected chi connectivity index (χ1v) is 5.60. The van der Waals surface area contributed by atoms with Gasteiger partial charge in [-0.2, -0.15) is 0 Å². The first-order valence-electron chi connectivity index (χ1n) is 5.60. The van der Waals surface area contributed by atoms with Gasteiger partial charge in [0.05, 0.1) is 0 Å². The number of rotatable bonds is 4. The Bertz CT molecular complexity index is 445. The predicted molar refractivity (Wildman–Crippen MR) is 63.2 cm³/mol. The fourth-order valence-electron chi connectivity index (χ4n) is 1.94. The molecule has 1 heterocycles. The maximum atomic E-state index is 9.43. The Kier molecular flexibility index (Phi) is 2.95. The standard InChI is InChI=1S/C13H17NO/c1-2-3-4-5-10-9-14-13-7-6-11(15)8-12(10)13/h6-9,14-15H,2-5H2,1H3. The summed E-state index contributed by atoms with van der Waals surface area (Å²) in [7, 11) is 0. The maximum Gasteiger partial charge on any atom is 0.116 e. The van der Waals surface area contributed by atoms with E-state index in [-0.39, 0.29) is 0 Å². The molecule has 0 aliphatic heterocycles. The molecule has 0 saturated heterocycles. The van der Waals surface area contributed by atoms with Gasteiger partial charge in [0.1, 0.15) is 5.75 Å². The highest BCUT2D eigenvalue weighted by Crippen LogP contribution is 2.24. The Morgan fingerprint density at radius 2 is 2.13 bits per heavy atom. The zero-order valence-corrected chi connectivity index (χ0v) is 9.09. The lowest BCUT2D eigenvalue weighted by Gasteiger charge is -1.99. The van der Waals surface area contributed by atoms with Crippen LogP contribution < -0.4 is 0 Å². The van der Waals surface area contributed by atoms with Crippen LogP contribution in [0.5, 0.6) is 5.75 Å². The van der Waals surface area contributed by atoms with Crippen LogP contribution in [0.2, 0.25) is 0 Å². The van der Waals surface area contributed by atoms with Crippen molar-refractivity contribution in [3.8, 4) is 5.75 Å². The molecule has 15 heavy (non-hydrogen) atoms. The molecule has 0 unspecified atom stereocenters. The number of benzene rings is 1. The molecule has 0 aliphatic rings. The van der Waals surface area contributed by atoms with E-state index in [1.54, 1.807) is 6.07 Å². The van der Waals surface area contributed by atoms with Crippen LogP contribution in [0.3, 0.4) is 0 Å². The highest BCUT2D eigenvalue weighted by Gasteiger charge is 2.03. The summed E-state index contributed by atoms with van der Waals surface area (Å²) in [6, 6.07) is 5.48. The Labute approximate surface area is 89.9 Å². The number of nitrogens with one attached hydrogen (secondary N) is 1. The topological polar surface area (TPSA) is 36.0 Å². The number of phenolic OH excluding ortho intramolecular Hbond substituents is 1. The largest absolute Gasteiger partial charge is 0.508 e. The molecule has 0 spiro atoms. The normalized spacial score (nSPS) is 11.0. The number of fused-ring (bicyclic) bond motifs is 1. The second kappa shape index (κ2) is 4.39. The minimum absolute atomic E-state index is 0.346. The number of aromatic hydroxyl groups is 1. The Hall–Kier alpha value is -1.44. The molecule has 2 aromatic rings. The first kappa shape index (κ1) is 10.1. The SMILES string of the molecule is CCCCCc1c[nH]c2ccc(O)cc12. The van der Waals surface area contributed by atoms with E-state index >= 15 is 0 Å². The van der Waals surface area contributed by atoms with Crippen LogP contribution in [0, 0.1) is 0 Å².